The number of aromatic amines is 1. The molecule has 1 fully saturated rings. The normalized spacial score (nSPS) is 21.7. The molecule has 8 nitrogen and oxygen atoms in total. The molecule has 152 valence electrons. The van der Waals surface area contributed by atoms with Crippen molar-refractivity contribution in [2.75, 3.05) is 13.1 Å². The Morgan fingerprint density at radius 1 is 1.18 bits per heavy atom. The molecule has 0 saturated carbocycles. The topological polar surface area (TPSA) is 99.3 Å². The first-order valence-electron chi connectivity index (χ1n) is 8.39. The van der Waals surface area contributed by atoms with E-state index in [-0.39, 0.29) is 18.8 Å². The Balaban J connectivity index is 1.90. The van der Waals surface area contributed by atoms with Crippen molar-refractivity contribution < 1.29 is 26.4 Å². The van der Waals surface area contributed by atoms with Crippen LogP contribution in [-0.2, 0) is 16.2 Å². The lowest BCUT2D eigenvalue weighted by Crippen LogP contribution is -2.59. The lowest BCUT2D eigenvalue weighted by molar-refractivity contribution is -0.139. The third-order valence-electron chi connectivity index (χ3n) is 4.57. The molecule has 1 saturated heterocycles. The molecule has 28 heavy (non-hydrogen) atoms. The van der Waals surface area contributed by atoms with Gasteiger partial charge in [-0.3, -0.25) is 9.89 Å². The van der Waals surface area contributed by atoms with Crippen LogP contribution in [0.1, 0.15) is 29.9 Å². The van der Waals surface area contributed by atoms with Gasteiger partial charge in [-0.2, -0.15) is 17.5 Å². The Morgan fingerprint density at radius 3 is 2.32 bits per heavy atom. The second-order valence-corrected chi connectivity index (χ2v) is 8.49. The fourth-order valence-electron chi connectivity index (χ4n) is 3.37. The molecule has 0 aliphatic carbocycles. The Hall–Kier alpha value is -2.47. The van der Waals surface area contributed by atoms with Crippen molar-refractivity contribution in [1.82, 2.24) is 24.6 Å². The van der Waals surface area contributed by atoms with Crippen molar-refractivity contribution in [2.24, 2.45) is 0 Å². The Morgan fingerprint density at radius 2 is 1.79 bits per heavy atom. The molecule has 1 amide bonds. The predicted octanol–water partition coefficient (Wildman–Crippen LogP) is 1.75. The minimum absolute atomic E-state index is 0.0809. The maximum absolute atomic E-state index is 13.3. The van der Waals surface area contributed by atoms with E-state index in [2.05, 4.69) is 15.4 Å². The smallest absolute Gasteiger partial charge is 0.329 e. The molecule has 0 bridgehead atoms. The van der Waals surface area contributed by atoms with E-state index in [4.69, 9.17) is 0 Å². The first-order chi connectivity index (χ1) is 13.0. The summed E-state index contributed by atoms with van der Waals surface area (Å²) < 4.78 is 66.7. The van der Waals surface area contributed by atoms with Crippen LogP contribution in [0.25, 0.3) is 0 Å². The lowest BCUT2D eigenvalue weighted by atomic mass is 10.1. The summed E-state index contributed by atoms with van der Waals surface area (Å²) in [7, 11) is -4.40. The molecule has 3 rings (SSSR count). The molecule has 0 radical (unpaired) electrons. The highest BCUT2D eigenvalue weighted by molar-refractivity contribution is 7.89. The van der Waals surface area contributed by atoms with Crippen LogP contribution in [0, 0.1) is 0 Å². The van der Waals surface area contributed by atoms with Crippen LogP contribution < -0.4 is 0 Å². The van der Waals surface area contributed by atoms with Gasteiger partial charge in [0.25, 0.3) is 5.91 Å². The second-order valence-electron chi connectivity index (χ2n) is 6.59. The van der Waals surface area contributed by atoms with Gasteiger partial charge in [-0.1, -0.05) is 17.3 Å². The average molecular weight is 417 g/mol. The number of aromatic nitrogens is 3. The highest BCUT2D eigenvalue weighted by Crippen LogP contribution is 2.36. The number of carbonyl (C=O) groups is 1. The number of hydrogen-bond acceptors (Lipinski definition) is 5. The van der Waals surface area contributed by atoms with Gasteiger partial charge in [0.15, 0.2) is 5.69 Å². The lowest BCUT2D eigenvalue weighted by Gasteiger charge is -2.43. The van der Waals surface area contributed by atoms with Crippen LogP contribution in [0.2, 0.25) is 0 Å². The number of benzene rings is 1. The van der Waals surface area contributed by atoms with Crippen LogP contribution in [0.4, 0.5) is 13.2 Å². The largest absolute Gasteiger partial charge is 0.417 e. The zero-order valence-electron chi connectivity index (χ0n) is 15.0. The number of carbonyl (C=O) groups excluding carboxylic acids is 1. The maximum Gasteiger partial charge on any atom is 0.417 e. The molecule has 2 atom stereocenters. The van der Waals surface area contributed by atoms with E-state index in [0.29, 0.717) is 0 Å². The van der Waals surface area contributed by atoms with Crippen molar-refractivity contribution in [2.45, 2.75) is 37.0 Å². The van der Waals surface area contributed by atoms with Gasteiger partial charge in [0.2, 0.25) is 10.0 Å². The fourth-order valence-corrected chi connectivity index (χ4v) is 5.19. The maximum atomic E-state index is 13.3. The van der Waals surface area contributed by atoms with Crippen molar-refractivity contribution in [3.63, 3.8) is 0 Å². The molecule has 0 spiro atoms. The van der Waals surface area contributed by atoms with Gasteiger partial charge in [0.1, 0.15) is 0 Å². The fraction of sp³-hybridized carbons (Fsp3) is 0.438. The summed E-state index contributed by atoms with van der Waals surface area (Å²) in [5, 5.41) is 9.57. The standard InChI is InChI=1S/C16H18F3N5O3S/c1-10-8-23(9-11(2)24(10)15(25)13-7-20-22-21-13)28(26,27)14-6-4-3-5-12(14)16(17,18)19/h3-7,10-11H,8-9H2,1-2H3,(H,20,21,22)/t10-,11+. The number of H-pyrrole nitrogens is 1. The third kappa shape index (κ3) is 3.61. The molecule has 2 aromatic rings. The molecule has 1 N–H and O–H groups in total. The van der Waals surface area contributed by atoms with Crippen molar-refractivity contribution in [3.8, 4) is 0 Å². The molecular formula is C16H18F3N5O3S. The SMILES string of the molecule is C[C@@H]1CN(S(=O)(=O)c2ccccc2C(F)(F)F)C[C@H](C)N1C(=O)c1c[nH]nn1. The van der Waals surface area contributed by atoms with Gasteiger partial charge >= 0.3 is 6.18 Å². The Bertz CT molecular complexity index is 950. The summed E-state index contributed by atoms with van der Waals surface area (Å²) in [4.78, 5) is 13.2. The molecule has 0 unspecified atom stereocenters. The van der Waals surface area contributed by atoms with E-state index in [1.807, 2.05) is 0 Å². The molecule has 1 aromatic heterocycles. The molecule has 1 aromatic carbocycles. The van der Waals surface area contributed by atoms with Gasteiger partial charge in [-0.05, 0) is 26.0 Å². The first-order valence-corrected chi connectivity index (χ1v) is 9.83. The first kappa shape index (κ1) is 20.3. The van der Waals surface area contributed by atoms with E-state index in [1.54, 1.807) is 13.8 Å². The predicted molar refractivity (Wildman–Crippen MR) is 91.7 cm³/mol. The molecule has 1 aliphatic heterocycles. The number of halogens is 3. The van der Waals surface area contributed by atoms with E-state index in [9.17, 15) is 26.4 Å². The highest BCUT2D eigenvalue weighted by Gasteiger charge is 2.43. The number of rotatable bonds is 3. The number of nitrogens with zero attached hydrogens (tertiary/aromatic N) is 4. The van der Waals surface area contributed by atoms with E-state index < -0.39 is 44.6 Å². The summed E-state index contributed by atoms with van der Waals surface area (Å²) in [5.74, 6) is -0.429. The molecular weight excluding hydrogens is 399 g/mol. The van der Waals surface area contributed by atoms with Gasteiger partial charge in [0, 0.05) is 25.2 Å². The zero-order chi connectivity index (χ0) is 20.7. The third-order valence-corrected chi connectivity index (χ3v) is 6.46. The summed E-state index contributed by atoms with van der Waals surface area (Å²) in [6, 6.07) is 2.94. The number of nitrogens with one attached hydrogen (secondary N) is 1. The van der Waals surface area contributed by atoms with Crippen molar-refractivity contribution in [1.29, 1.82) is 0 Å². The second kappa shape index (κ2) is 7.17. The van der Waals surface area contributed by atoms with Crippen LogP contribution in [0.3, 0.4) is 0 Å². The van der Waals surface area contributed by atoms with Crippen LogP contribution >= 0.6 is 0 Å². The highest BCUT2D eigenvalue weighted by atomic mass is 32.2. The van der Waals surface area contributed by atoms with Gasteiger partial charge in [-0.25, -0.2) is 8.42 Å². The number of piperazine rings is 1. The van der Waals surface area contributed by atoms with Gasteiger partial charge < -0.3 is 4.90 Å². The zero-order valence-corrected chi connectivity index (χ0v) is 15.8. The van der Waals surface area contributed by atoms with Gasteiger partial charge in [0.05, 0.1) is 16.7 Å². The molecule has 12 heteroatoms. The van der Waals surface area contributed by atoms with E-state index >= 15 is 0 Å². The van der Waals surface area contributed by atoms with Crippen LogP contribution in [-0.4, -0.2) is 64.1 Å². The minimum Gasteiger partial charge on any atom is -0.329 e. The summed E-state index contributed by atoms with van der Waals surface area (Å²) in [6.07, 6.45) is -3.48. The van der Waals surface area contributed by atoms with Crippen LogP contribution in [0.15, 0.2) is 35.4 Å². The Kier molecular flexibility index (Phi) is 5.19. The van der Waals surface area contributed by atoms with Crippen LogP contribution in [0.5, 0.6) is 0 Å². The Labute approximate surface area is 159 Å². The summed E-state index contributed by atoms with van der Waals surface area (Å²) >= 11 is 0. The number of alkyl halides is 3. The summed E-state index contributed by atoms with van der Waals surface area (Å²) in [6.45, 7) is 2.99. The van der Waals surface area contributed by atoms with E-state index in [1.165, 1.54) is 17.2 Å². The molecule has 1 aliphatic rings. The minimum atomic E-state index is -4.80. The van der Waals surface area contributed by atoms with E-state index in [0.717, 1.165) is 22.5 Å². The van der Waals surface area contributed by atoms with Gasteiger partial charge in [-0.15, -0.1) is 5.10 Å². The quantitative estimate of drug-likeness (QED) is 0.820. The monoisotopic (exact) mass is 417 g/mol. The van der Waals surface area contributed by atoms with Crippen molar-refractivity contribution >= 4 is 15.9 Å². The number of hydrogen-bond donors (Lipinski definition) is 1. The number of amides is 1. The average Bonchev–Trinajstić information content (AvgIpc) is 3.15. The summed E-state index contributed by atoms with van der Waals surface area (Å²) in [5.41, 5.74) is -1.13. The number of sulfonamides is 1. The molecule has 2 heterocycles. The van der Waals surface area contributed by atoms with Crippen molar-refractivity contribution in [3.05, 3.63) is 41.7 Å².